The van der Waals surface area contributed by atoms with Crippen LogP contribution in [0.3, 0.4) is 0 Å². The molecule has 9 heteroatoms. The number of hydrogen-bond donors (Lipinski definition) is 2. The van der Waals surface area contributed by atoms with Crippen molar-refractivity contribution in [2.45, 2.75) is 13.5 Å². The maximum atomic E-state index is 12.5. The van der Waals surface area contributed by atoms with Gasteiger partial charge in [0.1, 0.15) is 5.56 Å². The Morgan fingerprint density at radius 2 is 2.00 bits per heavy atom. The molecule has 8 nitrogen and oxygen atoms in total. The molecule has 0 unspecified atom stereocenters. The van der Waals surface area contributed by atoms with Crippen molar-refractivity contribution in [3.8, 4) is 5.69 Å². The van der Waals surface area contributed by atoms with E-state index in [2.05, 4.69) is 10.1 Å². The second kappa shape index (κ2) is 9.80. The van der Waals surface area contributed by atoms with Gasteiger partial charge in [0.25, 0.3) is 0 Å². The highest BCUT2D eigenvalue weighted by atomic mass is 35.5. The van der Waals surface area contributed by atoms with Gasteiger partial charge in [0.05, 0.1) is 42.9 Å². The molecular weight excluding hydrogens is 396 g/mol. The number of hydrogen-bond acceptors (Lipinski definition) is 7. The van der Waals surface area contributed by atoms with Crippen LogP contribution in [0.25, 0.3) is 16.6 Å². The van der Waals surface area contributed by atoms with Crippen LogP contribution in [-0.4, -0.2) is 68.8 Å². The highest BCUT2D eigenvalue weighted by molar-refractivity contribution is 6.31. The molecule has 0 radical (unpaired) electrons. The van der Waals surface area contributed by atoms with E-state index < -0.39 is 5.97 Å². The highest BCUT2D eigenvalue weighted by Gasteiger charge is 2.22. The Kier molecular flexibility index (Phi) is 7.16. The number of benzene rings is 1. The zero-order valence-corrected chi connectivity index (χ0v) is 16.8. The van der Waals surface area contributed by atoms with Crippen LogP contribution in [0, 0.1) is 0 Å². The van der Waals surface area contributed by atoms with E-state index in [1.165, 1.54) is 6.20 Å². The minimum absolute atomic E-state index is 0.0699. The molecule has 2 aromatic heterocycles. The van der Waals surface area contributed by atoms with Crippen LogP contribution >= 0.6 is 11.6 Å². The molecule has 0 amide bonds. The summed E-state index contributed by atoms with van der Waals surface area (Å²) >= 11 is 6.09. The first-order valence-electron chi connectivity index (χ1n) is 9.31. The van der Waals surface area contributed by atoms with Crippen molar-refractivity contribution < 1.29 is 19.7 Å². The number of pyridine rings is 1. The third-order valence-electron chi connectivity index (χ3n) is 4.48. The lowest BCUT2D eigenvalue weighted by atomic mass is 10.1. The Balaban J connectivity index is 2.13. The first kappa shape index (κ1) is 21.2. The van der Waals surface area contributed by atoms with Gasteiger partial charge < -0.3 is 14.9 Å². The maximum absolute atomic E-state index is 12.5. The molecule has 0 spiro atoms. The van der Waals surface area contributed by atoms with Gasteiger partial charge in [-0.2, -0.15) is 5.10 Å². The number of ether oxygens (including phenoxy) is 1. The molecule has 2 heterocycles. The number of aliphatic hydroxyl groups excluding tert-OH is 2. The number of esters is 1. The normalized spacial score (nSPS) is 11.3. The first-order chi connectivity index (χ1) is 14.1. The molecule has 1 aromatic carbocycles. The summed E-state index contributed by atoms with van der Waals surface area (Å²) in [7, 11) is 0. The Hall–Kier alpha value is -2.52. The van der Waals surface area contributed by atoms with Crippen LogP contribution in [0.2, 0.25) is 5.02 Å². The Labute approximate surface area is 173 Å². The van der Waals surface area contributed by atoms with Crippen LogP contribution in [-0.2, 0) is 11.3 Å². The van der Waals surface area contributed by atoms with Gasteiger partial charge in [0.15, 0.2) is 0 Å². The average Bonchev–Trinajstić information content (AvgIpc) is 3.11. The molecule has 3 aromatic rings. The van der Waals surface area contributed by atoms with Crippen molar-refractivity contribution in [2.24, 2.45) is 0 Å². The molecule has 0 atom stereocenters. The molecule has 0 fully saturated rings. The molecule has 2 N–H and O–H groups in total. The van der Waals surface area contributed by atoms with Crippen molar-refractivity contribution >= 4 is 28.5 Å². The summed E-state index contributed by atoms with van der Waals surface area (Å²) in [4.78, 5) is 18.7. The summed E-state index contributed by atoms with van der Waals surface area (Å²) in [5, 5.41) is 24.5. The third kappa shape index (κ3) is 4.73. The topological polar surface area (TPSA) is 101 Å². The van der Waals surface area contributed by atoms with Gasteiger partial charge in [-0.05, 0) is 31.2 Å². The second-order valence-electron chi connectivity index (χ2n) is 6.35. The van der Waals surface area contributed by atoms with Crippen LogP contribution in [0.5, 0.6) is 0 Å². The van der Waals surface area contributed by atoms with E-state index in [1.54, 1.807) is 29.9 Å². The summed E-state index contributed by atoms with van der Waals surface area (Å²) < 4.78 is 6.86. The number of fused-ring (bicyclic) bond motifs is 1. The standard InChI is InChI=1S/C20H23ClN4O4/c1-2-29-20(28)16-12-23-25(19(16)13-24(7-9-26)8-10-27)18-5-6-22-17-11-14(21)3-4-15(17)18/h3-6,11-12,26-27H,2,7-10,13H2,1H3. The molecule has 0 saturated heterocycles. The van der Waals surface area contributed by atoms with E-state index in [0.717, 1.165) is 11.1 Å². The van der Waals surface area contributed by atoms with Gasteiger partial charge in [-0.3, -0.25) is 9.88 Å². The number of carbonyl (C=O) groups is 1. The molecule has 154 valence electrons. The van der Waals surface area contributed by atoms with Gasteiger partial charge in [-0.1, -0.05) is 11.6 Å². The third-order valence-corrected chi connectivity index (χ3v) is 4.72. The van der Waals surface area contributed by atoms with Crippen molar-refractivity contribution in [3.05, 3.63) is 52.9 Å². The fraction of sp³-hybridized carbons (Fsp3) is 0.350. The van der Waals surface area contributed by atoms with Crippen LogP contribution in [0.15, 0.2) is 36.7 Å². The van der Waals surface area contributed by atoms with Crippen LogP contribution < -0.4 is 0 Å². The van der Waals surface area contributed by atoms with E-state index >= 15 is 0 Å². The van der Waals surface area contributed by atoms with Crippen molar-refractivity contribution in [1.82, 2.24) is 19.7 Å². The fourth-order valence-corrected chi connectivity index (χ4v) is 3.33. The van der Waals surface area contributed by atoms with Gasteiger partial charge in [-0.25, -0.2) is 9.48 Å². The van der Waals surface area contributed by atoms with Crippen LogP contribution in [0.4, 0.5) is 0 Å². The van der Waals surface area contributed by atoms with E-state index in [0.29, 0.717) is 41.4 Å². The Morgan fingerprint density at radius 1 is 1.24 bits per heavy atom. The van der Waals surface area contributed by atoms with Gasteiger partial charge in [-0.15, -0.1) is 0 Å². The SMILES string of the molecule is CCOC(=O)c1cnn(-c2ccnc3cc(Cl)ccc23)c1CN(CCO)CCO. The summed E-state index contributed by atoms with van der Waals surface area (Å²) in [6.07, 6.45) is 3.13. The minimum Gasteiger partial charge on any atom is -0.462 e. The fourth-order valence-electron chi connectivity index (χ4n) is 3.17. The molecule has 0 aliphatic carbocycles. The monoisotopic (exact) mass is 418 g/mol. The predicted molar refractivity (Wildman–Crippen MR) is 109 cm³/mol. The van der Waals surface area contributed by atoms with Crippen molar-refractivity contribution in [3.63, 3.8) is 0 Å². The molecule has 0 bridgehead atoms. The Bertz CT molecular complexity index is 986. The van der Waals surface area contributed by atoms with E-state index in [1.807, 2.05) is 17.0 Å². The average molecular weight is 419 g/mol. The maximum Gasteiger partial charge on any atom is 0.341 e. The molecular formula is C20H23ClN4O4. The zero-order valence-electron chi connectivity index (χ0n) is 16.1. The summed E-state index contributed by atoms with van der Waals surface area (Å²) in [6, 6.07) is 7.20. The van der Waals surface area contributed by atoms with Gasteiger partial charge in [0.2, 0.25) is 0 Å². The molecule has 29 heavy (non-hydrogen) atoms. The molecule has 0 saturated carbocycles. The lowest BCUT2D eigenvalue weighted by Crippen LogP contribution is -2.31. The first-order valence-corrected chi connectivity index (χ1v) is 9.69. The van der Waals surface area contributed by atoms with Gasteiger partial charge in [0, 0.05) is 36.2 Å². The summed E-state index contributed by atoms with van der Waals surface area (Å²) in [5.41, 5.74) is 2.39. The summed E-state index contributed by atoms with van der Waals surface area (Å²) in [6.45, 7) is 2.84. The van der Waals surface area contributed by atoms with Crippen molar-refractivity contribution in [2.75, 3.05) is 32.9 Å². The van der Waals surface area contributed by atoms with E-state index in [9.17, 15) is 15.0 Å². The highest BCUT2D eigenvalue weighted by Crippen LogP contribution is 2.26. The largest absolute Gasteiger partial charge is 0.462 e. The lowest BCUT2D eigenvalue weighted by Gasteiger charge is -2.21. The smallest absolute Gasteiger partial charge is 0.341 e. The quantitative estimate of drug-likeness (QED) is 0.513. The molecule has 3 rings (SSSR count). The van der Waals surface area contributed by atoms with E-state index in [4.69, 9.17) is 16.3 Å². The number of nitrogens with zero attached hydrogens (tertiary/aromatic N) is 4. The molecule has 0 aliphatic rings. The Morgan fingerprint density at radius 3 is 2.69 bits per heavy atom. The lowest BCUT2D eigenvalue weighted by molar-refractivity contribution is 0.0523. The minimum atomic E-state index is -0.469. The molecule has 0 aliphatic heterocycles. The number of rotatable bonds is 9. The second-order valence-corrected chi connectivity index (χ2v) is 6.79. The van der Waals surface area contributed by atoms with E-state index in [-0.39, 0.29) is 19.8 Å². The van der Waals surface area contributed by atoms with Gasteiger partial charge >= 0.3 is 5.97 Å². The summed E-state index contributed by atoms with van der Waals surface area (Å²) in [5.74, 6) is -0.469. The number of carbonyl (C=O) groups excluding carboxylic acids is 1. The predicted octanol–water partition coefficient (Wildman–Crippen LogP) is 2.04. The van der Waals surface area contributed by atoms with Crippen LogP contribution in [0.1, 0.15) is 23.0 Å². The van der Waals surface area contributed by atoms with Crippen molar-refractivity contribution in [1.29, 1.82) is 0 Å². The number of aliphatic hydroxyl groups is 2. The number of halogens is 1. The zero-order chi connectivity index (χ0) is 20.8. The number of aromatic nitrogens is 3.